The van der Waals surface area contributed by atoms with E-state index < -0.39 is 10.0 Å². The van der Waals surface area contributed by atoms with Gasteiger partial charge in [-0.25, -0.2) is 12.7 Å². The average molecular weight is 417 g/mol. The van der Waals surface area contributed by atoms with Crippen molar-refractivity contribution >= 4 is 27.7 Å². The predicted molar refractivity (Wildman–Crippen MR) is 115 cm³/mol. The third-order valence-electron chi connectivity index (χ3n) is 6.19. The maximum absolute atomic E-state index is 11.7. The summed E-state index contributed by atoms with van der Waals surface area (Å²) in [7, 11) is -3.05. The fraction of sp³-hybridized carbons (Fsp3) is 0.947. The molecule has 156 valence electrons. The van der Waals surface area contributed by atoms with Crippen molar-refractivity contribution in [2.24, 2.45) is 10.9 Å². The summed E-state index contributed by atoms with van der Waals surface area (Å²) in [4.78, 5) is 7.46. The van der Waals surface area contributed by atoms with Gasteiger partial charge >= 0.3 is 0 Å². The second kappa shape index (κ2) is 9.35. The van der Waals surface area contributed by atoms with Crippen LogP contribution < -0.4 is 5.32 Å². The summed E-state index contributed by atoms with van der Waals surface area (Å²) in [6, 6.07) is 0. The molecule has 0 aromatic heterocycles. The molecule has 2 aliphatic heterocycles. The van der Waals surface area contributed by atoms with Crippen LogP contribution in [0.2, 0.25) is 0 Å². The first-order valence-corrected chi connectivity index (χ1v) is 13.4. The summed E-state index contributed by atoms with van der Waals surface area (Å²) >= 11 is 2.19. The van der Waals surface area contributed by atoms with Crippen LogP contribution in [0.3, 0.4) is 0 Å². The third kappa shape index (κ3) is 5.76. The molecule has 1 aliphatic carbocycles. The minimum atomic E-state index is -3.05. The van der Waals surface area contributed by atoms with Crippen molar-refractivity contribution < 1.29 is 8.42 Å². The number of thioether (sulfide) groups is 1. The van der Waals surface area contributed by atoms with Crippen LogP contribution in [0.25, 0.3) is 0 Å². The molecule has 1 saturated carbocycles. The average Bonchev–Trinajstić information content (AvgIpc) is 2.65. The molecule has 0 bridgehead atoms. The summed E-state index contributed by atoms with van der Waals surface area (Å²) in [5.74, 6) is 2.74. The van der Waals surface area contributed by atoms with Gasteiger partial charge in [-0.3, -0.25) is 4.99 Å². The van der Waals surface area contributed by atoms with Gasteiger partial charge in [-0.2, -0.15) is 11.8 Å². The van der Waals surface area contributed by atoms with Crippen LogP contribution in [0.1, 0.15) is 51.9 Å². The maximum Gasteiger partial charge on any atom is 0.211 e. The van der Waals surface area contributed by atoms with Gasteiger partial charge in [0.1, 0.15) is 0 Å². The normalized spacial score (nSPS) is 25.7. The molecule has 1 N–H and O–H groups in total. The molecule has 3 fully saturated rings. The second-order valence-corrected chi connectivity index (χ2v) is 11.9. The van der Waals surface area contributed by atoms with E-state index in [0.29, 0.717) is 23.8 Å². The number of nitrogens with one attached hydrogen (secondary N) is 1. The van der Waals surface area contributed by atoms with E-state index in [9.17, 15) is 8.42 Å². The summed E-state index contributed by atoms with van der Waals surface area (Å²) in [5.41, 5.74) is 0. The molecule has 0 radical (unpaired) electrons. The SMILES string of the molecule is CCNC(=NCC1CCN(S(C)(=O)=O)CC1)N1CCSC2(CCCCC2)C1. The van der Waals surface area contributed by atoms with Gasteiger partial charge in [-0.1, -0.05) is 19.3 Å². The van der Waals surface area contributed by atoms with Crippen LogP contribution >= 0.6 is 11.8 Å². The number of sulfonamides is 1. The Morgan fingerprint density at radius 3 is 2.52 bits per heavy atom. The Morgan fingerprint density at radius 1 is 1.19 bits per heavy atom. The zero-order valence-corrected chi connectivity index (χ0v) is 18.6. The van der Waals surface area contributed by atoms with Gasteiger partial charge in [0.05, 0.1) is 6.26 Å². The fourth-order valence-corrected chi connectivity index (χ4v) is 7.03. The first-order chi connectivity index (χ1) is 12.9. The lowest BCUT2D eigenvalue weighted by molar-refractivity contribution is 0.275. The highest BCUT2D eigenvalue weighted by Gasteiger charge is 2.38. The van der Waals surface area contributed by atoms with Gasteiger partial charge in [-0.15, -0.1) is 0 Å². The van der Waals surface area contributed by atoms with Crippen LogP contribution in [0, 0.1) is 5.92 Å². The molecular weight excluding hydrogens is 380 g/mol. The van der Waals surface area contributed by atoms with Crippen molar-refractivity contribution in [1.29, 1.82) is 0 Å². The molecule has 0 unspecified atom stereocenters. The topological polar surface area (TPSA) is 65.0 Å². The number of aliphatic imine (C=N–C) groups is 1. The minimum absolute atomic E-state index is 0.438. The molecule has 27 heavy (non-hydrogen) atoms. The second-order valence-electron chi connectivity index (χ2n) is 8.31. The lowest BCUT2D eigenvalue weighted by Crippen LogP contribution is -2.53. The van der Waals surface area contributed by atoms with E-state index in [-0.39, 0.29) is 0 Å². The first kappa shape index (κ1) is 21.2. The molecule has 6 nitrogen and oxygen atoms in total. The number of hydrogen-bond donors (Lipinski definition) is 1. The zero-order chi connectivity index (χ0) is 19.3. The fourth-order valence-electron chi connectivity index (χ4n) is 4.59. The molecule has 0 aromatic rings. The highest BCUT2D eigenvalue weighted by atomic mass is 32.2. The van der Waals surface area contributed by atoms with E-state index in [4.69, 9.17) is 4.99 Å². The Bertz CT molecular complexity index is 604. The Balaban J connectivity index is 1.58. The number of hydrogen-bond acceptors (Lipinski definition) is 4. The lowest BCUT2D eigenvalue weighted by Gasteiger charge is -2.45. The number of piperidine rings is 1. The molecule has 0 aromatic carbocycles. The van der Waals surface area contributed by atoms with E-state index >= 15 is 0 Å². The monoisotopic (exact) mass is 416 g/mol. The van der Waals surface area contributed by atoms with E-state index in [1.54, 1.807) is 4.31 Å². The van der Waals surface area contributed by atoms with E-state index in [2.05, 4.69) is 28.9 Å². The Kier molecular flexibility index (Phi) is 7.36. The van der Waals surface area contributed by atoms with Crippen molar-refractivity contribution in [3.8, 4) is 0 Å². The van der Waals surface area contributed by atoms with Gasteiger partial charge in [0.2, 0.25) is 10.0 Å². The van der Waals surface area contributed by atoms with Gasteiger partial charge in [0.15, 0.2) is 5.96 Å². The minimum Gasteiger partial charge on any atom is -0.357 e. The van der Waals surface area contributed by atoms with E-state index in [0.717, 1.165) is 45.0 Å². The Labute approximate surface area is 169 Å². The number of nitrogens with zero attached hydrogens (tertiary/aromatic N) is 3. The summed E-state index contributed by atoms with van der Waals surface area (Å²) < 4.78 is 25.4. The van der Waals surface area contributed by atoms with Crippen LogP contribution in [-0.4, -0.2) is 79.6 Å². The van der Waals surface area contributed by atoms with Crippen LogP contribution in [-0.2, 0) is 10.0 Å². The molecule has 2 heterocycles. The number of guanidine groups is 1. The molecule has 0 atom stereocenters. The van der Waals surface area contributed by atoms with Crippen LogP contribution in [0.5, 0.6) is 0 Å². The van der Waals surface area contributed by atoms with Crippen molar-refractivity contribution in [2.45, 2.75) is 56.6 Å². The quantitative estimate of drug-likeness (QED) is 0.563. The summed E-state index contributed by atoms with van der Waals surface area (Å²) in [6.45, 7) is 7.30. The van der Waals surface area contributed by atoms with Crippen molar-refractivity contribution in [3.05, 3.63) is 0 Å². The van der Waals surface area contributed by atoms with E-state index in [1.807, 2.05) is 0 Å². The highest BCUT2D eigenvalue weighted by molar-refractivity contribution is 8.00. The van der Waals surface area contributed by atoms with Gasteiger partial charge in [0.25, 0.3) is 0 Å². The van der Waals surface area contributed by atoms with Crippen LogP contribution in [0.4, 0.5) is 0 Å². The largest absolute Gasteiger partial charge is 0.357 e. The molecule has 3 aliphatic rings. The molecule has 3 rings (SSSR count). The van der Waals surface area contributed by atoms with Crippen molar-refractivity contribution in [1.82, 2.24) is 14.5 Å². The van der Waals surface area contributed by atoms with Crippen molar-refractivity contribution in [3.63, 3.8) is 0 Å². The zero-order valence-electron chi connectivity index (χ0n) is 17.0. The summed E-state index contributed by atoms with van der Waals surface area (Å²) in [6.07, 6.45) is 9.95. The van der Waals surface area contributed by atoms with Gasteiger partial charge in [-0.05, 0) is 38.5 Å². The molecule has 8 heteroatoms. The lowest BCUT2D eigenvalue weighted by atomic mass is 9.87. The molecule has 0 amide bonds. The van der Waals surface area contributed by atoms with Gasteiger partial charge < -0.3 is 10.2 Å². The first-order valence-electron chi connectivity index (χ1n) is 10.5. The number of rotatable bonds is 4. The smallest absolute Gasteiger partial charge is 0.211 e. The third-order valence-corrected chi connectivity index (χ3v) is 9.03. The Hall–Kier alpha value is -0.470. The molecular formula is C19H36N4O2S2. The molecule has 1 spiro atoms. The van der Waals surface area contributed by atoms with Crippen molar-refractivity contribution in [2.75, 3.05) is 51.3 Å². The van der Waals surface area contributed by atoms with Gasteiger partial charge in [0, 0.05) is 49.8 Å². The standard InChI is InChI=1S/C19H36N4O2S2/c1-3-20-18(21-15-17-7-11-23(12-8-17)27(2,24)25)22-13-14-26-19(16-22)9-5-4-6-10-19/h17H,3-16H2,1-2H3,(H,20,21). The van der Waals surface area contributed by atoms with E-state index in [1.165, 1.54) is 44.1 Å². The maximum atomic E-state index is 11.7. The highest BCUT2D eigenvalue weighted by Crippen LogP contribution is 2.42. The van der Waals surface area contributed by atoms with Crippen LogP contribution in [0.15, 0.2) is 4.99 Å². The summed E-state index contributed by atoms with van der Waals surface area (Å²) in [5, 5.41) is 3.51. The predicted octanol–water partition coefficient (Wildman–Crippen LogP) is 2.38. The Morgan fingerprint density at radius 2 is 1.89 bits per heavy atom. The molecule has 2 saturated heterocycles.